The molecule has 2 saturated carbocycles. The van der Waals surface area contributed by atoms with Gasteiger partial charge in [0.15, 0.2) is 5.11 Å². The van der Waals surface area contributed by atoms with E-state index in [1.165, 1.54) is 25.7 Å². The van der Waals surface area contributed by atoms with Crippen LogP contribution in [0.4, 0.5) is 0 Å². The Hall–Kier alpha value is -0.310. The molecule has 2 N–H and O–H groups in total. The van der Waals surface area contributed by atoms with E-state index in [0.717, 1.165) is 23.5 Å². The van der Waals surface area contributed by atoms with Crippen LogP contribution in [-0.2, 0) is 0 Å². The van der Waals surface area contributed by atoms with Crippen molar-refractivity contribution in [2.24, 2.45) is 11.8 Å². The van der Waals surface area contributed by atoms with Gasteiger partial charge < -0.3 is 10.6 Å². The number of rotatable bonds is 2. The van der Waals surface area contributed by atoms with E-state index in [9.17, 15) is 0 Å². The second-order valence-electron chi connectivity index (χ2n) is 4.29. The molecular formula is C10H18N2S. The number of thiocarbonyl (C=S) groups is 1. The van der Waals surface area contributed by atoms with E-state index < -0.39 is 0 Å². The zero-order chi connectivity index (χ0) is 9.26. The van der Waals surface area contributed by atoms with Crippen LogP contribution in [0.15, 0.2) is 0 Å². The Morgan fingerprint density at radius 1 is 1.38 bits per heavy atom. The van der Waals surface area contributed by atoms with Gasteiger partial charge in [-0.15, -0.1) is 0 Å². The lowest BCUT2D eigenvalue weighted by Crippen LogP contribution is -2.44. The molecule has 2 bridgehead atoms. The van der Waals surface area contributed by atoms with Crippen molar-refractivity contribution in [1.82, 2.24) is 10.6 Å². The third-order valence-corrected chi connectivity index (χ3v) is 3.65. The molecule has 0 aliphatic heterocycles. The lowest BCUT2D eigenvalue weighted by atomic mass is 9.96. The van der Waals surface area contributed by atoms with E-state index in [4.69, 9.17) is 12.2 Å². The van der Waals surface area contributed by atoms with Crippen molar-refractivity contribution in [2.75, 3.05) is 6.54 Å². The molecular weight excluding hydrogens is 180 g/mol. The number of fused-ring (bicyclic) bond motifs is 2. The third-order valence-electron chi connectivity index (χ3n) is 3.39. The molecule has 0 spiro atoms. The minimum absolute atomic E-state index is 0.672. The Kier molecular flexibility index (Phi) is 2.72. The van der Waals surface area contributed by atoms with E-state index in [1.807, 2.05) is 0 Å². The molecule has 0 aromatic heterocycles. The molecule has 2 nitrogen and oxygen atoms in total. The SMILES string of the molecule is CCNC(=S)N[C@H]1C[C@H]2CC[C@H]1C2. The molecule has 0 aromatic rings. The van der Waals surface area contributed by atoms with E-state index in [1.54, 1.807) is 0 Å². The lowest BCUT2D eigenvalue weighted by molar-refractivity contribution is 0.389. The molecule has 3 heteroatoms. The van der Waals surface area contributed by atoms with Crippen LogP contribution in [0.5, 0.6) is 0 Å². The highest BCUT2D eigenvalue weighted by Crippen LogP contribution is 2.44. The van der Waals surface area contributed by atoms with E-state index >= 15 is 0 Å². The Morgan fingerprint density at radius 2 is 2.23 bits per heavy atom. The Bertz CT molecular complexity index is 205. The minimum Gasteiger partial charge on any atom is -0.363 e. The lowest BCUT2D eigenvalue weighted by Gasteiger charge is -2.24. The second kappa shape index (κ2) is 3.82. The first-order valence-corrected chi connectivity index (χ1v) is 5.74. The molecule has 2 aliphatic carbocycles. The van der Waals surface area contributed by atoms with Crippen LogP contribution < -0.4 is 10.6 Å². The molecule has 2 aliphatic rings. The summed E-state index contributed by atoms with van der Waals surface area (Å²) in [5.74, 6) is 1.90. The number of hydrogen-bond acceptors (Lipinski definition) is 1. The highest BCUT2D eigenvalue weighted by Gasteiger charge is 2.39. The van der Waals surface area contributed by atoms with Crippen molar-refractivity contribution in [3.8, 4) is 0 Å². The Labute approximate surface area is 85.5 Å². The van der Waals surface area contributed by atoms with E-state index in [0.29, 0.717) is 6.04 Å². The number of nitrogens with one attached hydrogen (secondary N) is 2. The van der Waals surface area contributed by atoms with Gasteiger partial charge in [-0.05, 0) is 50.2 Å². The molecule has 3 atom stereocenters. The molecule has 0 radical (unpaired) electrons. The van der Waals surface area contributed by atoms with Crippen molar-refractivity contribution in [3.05, 3.63) is 0 Å². The predicted octanol–water partition coefficient (Wildman–Crippen LogP) is 1.66. The maximum atomic E-state index is 5.18. The van der Waals surface area contributed by atoms with Gasteiger partial charge in [0, 0.05) is 12.6 Å². The second-order valence-corrected chi connectivity index (χ2v) is 4.69. The Balaban J connectivity index is 1.79. The van der Waals surface area contributed by atoms with Crippen LogP contribution in [0.25, 0.3) is 0 Å². The average molecular weight is 198 g/mol. The van der Waals surface area contributed by atoms with Gasteiger partial charge >= 0.3 is 0 Å². The first kappa shape index (κ1) is 9.25. The van der Waals surface area contributed by atoms with Crippen LogP contribution in [-0.4, -0.2) is 17.7 Å². The molecule has 13 heavy (non-hydrogen) atoms. The summed E-state index contributed by atoms with van der Waals surface area (Å²) in [6.45, 7) is 3.00. The molecule has 0 unspecified atom stereocenters. The maximum absolute atomic E-state index is 5.18. The zero-order valence-corrected chi connectivity index (χ0v) is 8.99. The first-order chi connectivity index (χ1) is 6.29. The third kappa shape index (κ3) is 1.96. The molecule has 0 saturated heterocycles. The topological polar surface area (TPSA) is 24.1 Å². The summed E-state index contributed by atoms with van der Waals surface area (Å²) < 4.78 is 0. The zero-order valence-electron chi connectivity index (χ0n) is 8.18. The van der Waals surface area contributed by atoms with Gasteiger partial charge in [0.2, 0.25) is 0 Å². The highest BCUT2D eigenvalue weighted by atomic mass is 32.1. The highest BCUT2D eigenvalue weighted by molar-refractivity contribution is 7.80. The molecule has 0 amide bonds. The smallest absolute Gasteiger partial charge is 0.166 e. The summed E-state index contributed by atoms with van der Waals surface area (Å²) in [6.07, 6.45) is 5.65. The average Bonchev–Trinajstić information content (AvgIpc) is 2.65. The van der Waals surface area contributed by atoms with Gasteiger partial charge in [-0.3, -0.25) is 0 Å². The van der Waals surface area contributed by atoms with E-state index in [-0.39, 0.29) is 0 Å². The van der Waals surface area contributed by atoms with Crippen LogP contribution in [0, 0.1) is 11.8 Å². The van der Waals surface area contributed by atoms with Crippen molar-refractivity contribution in [2.45, 2.75) is 38.6 Å². The summed E-state index contributed by atoms with van der Waals surface area (Å²) in [5.41, 5.74) is 0. The molecule has 0 aromatic carbocycles. The molecule has 2 fully saturated rings. The van der Waals surface area contributed by atoms with Crippen molar-refractivity contribution in [3.63, 3.8) is 0 Å². The maximum Gasteiger partial charge on any atom is 0.166 e. The molecule has 2 rings (SSSR count). The van der Waals surface area contributed by atoms with Gasteiger partial charge in [0.25, 0.3) is 0 Å². The van der Waals surface area contributed by atoms with E-state index in [2.05, 4.69) is 17.6 Å². The van der Waals surface area contributed by atoms with Crippen LogP contribution >= 0.6 is 12.2 Å². The van der Waals surface area contributed by atoms with Gasteiger partial charge in [0.05, 0.1) is 0 Å². The molecule has 74 valence electrons. The summed E-state index contributed by atoms with van der Waals surface area (Å²) in [4.78, 5) is 0. The van der Waals surface area contributed by atoms with Gasteiger partial charge in [-0.2, -0.15) is 0 Å². The predicted molar refractivity (Wildman–Crippen MR) is 58.6 cm³/mol. The van der Waals surface area contributed by atoms with Crippen molar-refractivity contribution < 1.29 is 0 Å². The standard InChI is InChI=1S/C10H18N2S/c1-2-11-10(13)12-9-6-7-3-4-8(9)5-7/h7-9H,2-6H2,1H3,(H2,11,12,13)/t7-,8-,9-/m0/s1. The summed E-state index contributed by atoms with van der Waals surface area (Å²) in [5, 5.41) is 7.43. The van der Waals surface area contributed by atoms with Crippen molar-refractivity contribution >= 4 is 17.3 Å². The van der Waals surface area contributed by atoms with Gasteiger partial charge in [-0.25, -0.2) is 0 Å². The summed E-state index contributed by atoms with van der Waals surface area (Å²) in [6, 6.07) is 0.672. The normalized spacial score (nSPS) is 36.2. The van der Waals surface area contributed by atoms with Crippen LogP contribution in [0.2, 0.25) is 0 Å². The summed E-state index contributed by atoms with van der Waals surface area (Å²) in [7, 11) is 0. The fraction of sp³-hybridized carbons (Fsp3) is 0.900. The van der Waals surface area contributed by atoms with Crippen LogP contribution in [0.1, 0.15) is 32.6 Å². The number of hydrogen-bond donors (Lipinski definition) is 2. The Morgan fingerprint density at radius 3 is 2.77 bits per heavy atom. The largest absolute Gasteiger partial charge is 0.363 e. The first-order valence-electron chi connectivity index (χ1n) is 5.34. The summed E-state index contributed by atoms with van der Waals surface area (Å²) >= 11 is 5.18. The molecule has 0 heterocycles. The fourth-order valence-electron chi connectivity index (χ4n) is 2.80. The van der Waals surface area contributed by atoms with Crippen molar-refractivity contribution in [1.29, 1.82) is 0 Å². The fourth-order valence-corrected chi connectivity index (χ4v) is 3.10. The van der Waals surface area contributed by atoms with Gasteiger partial charge in [-0.1, -0.05) is 6.42 Å². The quantitative estimate of drug-likeness (QED) is 0.660. The minimum atomic E-state index is 0.672. The van der Waals surface area contributed by atoms with Gasteiger partial charge in [0.1, 0.15) is 0 Å². The van der Waals surface area contributed by atoms with Crippen LogP contribution in [0.3, 0.4) is 0 Å². The monoisotopic (exact) mass is 198 g/mol.